The lowest BCUT2D eigenvalue weighted by atomic mass is 10.3. The fourth-order valence-corrected chi connectivity index (χ4v) is 1.01. The molecule has 0 aliphatic heterocycles. The molecule has 0 spiro atoms. The molecule has 1 heterocycles. The molecule has 6 N–H and O–H groups in total. The molecule has 0 aliphatic carbocycles. The van der Waals surface area contributed by atoms with Gasteiger partial charge in [-0.3, -0.25) is 4.79 Å². The van der Waals surface area contributed by atoms with Crippen LogP contribution in [0.15, 0.2) is 6.07 Å². The van der Waals surface area contributed by atoms with Crippen LogP contribution in [-0.2, 0) is 4.79 Å². The van der Waals surface area contributed by atoms with Crippen molar-refractivity contribution < 1.29 is 4.79 Å². The Kier molecular flexibility index (Phi) is 3.40. The summed E-state index contributed by atoms with van der Waals surface area (Å²) in [5.74, 6) is 6.29. The van der Waals surface area contributed by atoms with E-state index in [0.29, 0.717) is 17.5 Å². The standard InChI is InChI=1S/C8H14N6O/c1-4(8(9)15)11-6-3-7(14-10)13-5(2)12-6/h3-4H,10H2,1-2H3,(H2,9,15)(H2,11,12,13,14). The van der Waals surface area contributed by atoms with E-state index in [1.807, 2.05) is 0 Å². The maximum atomic E-state index is 10.8. The summed E-state index contributed by atoms with van der Waals surface area (Å²) in [5, 5.41) is 2.84. The number of carbonyl (C=O) groups excluding carboxylic acids is 1. The number of hydrazine groups is 1. The maximum Gasteiger partial charge on any atom is 0.239 e. The molecule has 1 aromatic heterocycles. The predicted molar refractivity (Wildman–Crippen MR) is 56.9 cm³/mol. The quantitative estimate of drug-likeness (QED) is 0.387. The number of rotatable bonds is 4. The van der Waals surface area contributed by atoms with Crippen molar-refractivity contribution in [3.05, 3.63) is 11.9 Å². The molecule has 0 aliphatic rings. The molecule has 1 aromatic rings. The maximum absolute atomic E-state index is 10.8. The molecule has 15 heavy (non-hydrogen) atoms. The van der Waals surface area contributed by atoms with Gasteiger partial charge in [-0.05, 0) is 13.8 Å². The summed E-state index contributed by atoms with van der Waals surface area (Å²) in [7, 11) is 0. The normalized spacial score (nSPS) is 11.9. The number of hydrogen-bond acceptors (Lipinski definition) is 6. The van der Waals surface area contributed by atoms with Gasteiger partial charge in [0.1, 0.15) is 23.5 Å². The van der Waals surface area contributed by atoms with Gasteiger partial charge in [0.2, 0.25) is 5.91 Å². The van der Waals surface area contributed by atoms with Gasteiger partial charge >= 0.3 is 0 Å². The largest absolute Gasteiger partial charge is 0.368 e. The first-order chi connectivity index (χ1) is 7.02. The summed E-state index contributed by atoms with van der Waals surface area (Å²) in [4.78, 5) is 18.9. The van der Waals surface area contributed by atoms with Crippen molar-refractivity contribution in [1.82, 2.24) is 9.97 Å². The molecule has 1 atom stereocenters. The van der Waals surface area contributed by atoms with Gasteiger partial charge in [0.15, 0.2) is 0 Å². The van der Waals surface area contributed by atoms with Crippen molar-refractivity contribution >= 4 is 17.5 Å². The third kappa shape index (κ3) is 3.06. The van der Waals surface area contributed by atoms with Crippen molar-refractivity contribution in [2.75, 3.05) is 10.7 Å². The highest BCUT2D eigenvalue weighted by molar-refractivity contribution is 5.82. The molecule has 82 valence electrons. The molecule has 7 nitrogen and oxygen atoms in total. The Hall–Kier alpha value is -1.89. The minimum absolute atomic E-state index is 0.450. The first-order valence-corrected chi connectivity index (χ1v) is 4.41. The zero-order valence-electron chi connectivity index (χ0n) is 8.61. The first-order valence-electron chi connectivity index (χ1n) is 4.41. The van der Waals surface area contributed by atoms with E-state index in [1.54, 1.807) is 19.9 Å². The van der Waals surface area contributed by atoms with Crippen molar-refractivity contribution in [1.29, 1.82) is 0 Å². The zero-order valence-corrected chi connectivity index (χ0v) is 8.61. The van der Waals surface area contributed by atoms with E-state index in [1.165, 1.54) is 0 Å². The summed E-state index contributed by atoms with van der Waals surface area (Å²) in [6.45, 7) is 3.37. The van der Waals surface area contributed by atoms with Crippen LogP contribution in [0.25, 0.3) is 0 Å². The second-order valence-electron chi connectivity index (χ2n) is 3.10. The summed E-state index contributed by atoms with van der Waals surface area (Å²) in [6.07, 6.45) is 0. The molecule has 1 unspecified atom stereocenters. The van der Waals surface area contributed by atoms with Gasteiger partial charge in [0.25, 0.3) is 0 Å². The van der Waals surface area contributed by atoms with E-state index in [9.17, 15) is 4.79 Å². The molecule has 0 saturated heterocycles. The van der Waals surface area contributed by atoms with Crippen LogP contribution in [0, 0.1) is 6.92 Å². The van der Waals surface area contributed by atoms with E-state index in [4.69, 9.17) is 11.6 Å². The summed E-state index contributed by atoms with van der Waals surface area (Å²) in [6, 6.07) is 1.09. The monoisotopic (exact) mass is 210 g/mol. The van der Waals surface area contributed by atoms with Crippen LogP contribution in [-0.4, -0.2) is 21.9 Å². The van der Waals surface area contributed by atoms with Gasteiger partial charge < -0.3 is 16.5 Å². The predicted octanol–water partition coefficient (Wildman–Crippen LogP) is -0.644. The Labute approximate surface area is 87.2 Å². The van der Waals surface area contributed by atoms with Crippen molar-refractivity contribution in [3.63, 3.8) is 0 Å². The van der Waals surface area contributed by atoms with E-state index in [-0.39, 0.29) is 0 Å². The average Bonchev–Trinajstić information content (AvgIpc) is 2.16. The topological polar surface area (TPSA) is 119 Å². The average molecular weight is 210 g/mol. The number of anilines is 2. The van der Waals surface area contributed by atoms with Gasteiger partial charge in [-0.15, -0.1) is 0 Å². The van der Waals surface area contributed by atoms with Gasteiger partial charge in [-0.25, -0.2) is 15.8 Å². The number of nitrogen functional groups attached to an aromatic ring is 1. The summed E-state index contributed by atoms with van der Waals surface area (Å²) in [5.41, 5.74) is 7.51. The summed E-state index contributed by atoms with van der Waals surface area (Å²) >= 11 is 0. The van der Waals surface area contributed by atoms with Crippen molar-refractivity contribution in [3.8, 4) is 0 Å². The minimum Gasteiger partial charge on any atom is -0.368 e. The lowest BCUT2D eigenvalue weighted by Crippen LogP contribution is -2.32. The van der Waals surface area contributed by atoms with Crippen molar-refractivity contribution in [2.24, 2.45) is 11.6 Å². The number of nitrogens with one attached hydrogen (secondary N) is 2. The van der Waals surface area contributed by atoms with Gasteiger partial charge in [-0.2, -0.15) is 0 Å². The second kappa shape index (κ2) is 4.56. The van der Waals surface area contributed by atoms with Crippen molar-refractivity contribution in [2.45, 2.75) is 19.9 Å². The number of amides is 1. The van der Waals surface area contributed by atoms with Crippen LogP contribution in [0.2, 0.25) is 0 Å². The van der Waals surface area contributed by atoms with Gasteiger partial charge in [0.05, 0.1) is 0 Å². The second-order valence-corrected chi connectivity index (χ2v) is 3.10. The minimum atomic E-state index is -0.495. The lowest BCUT2D eigenvalue weighted by molar-refractivity contribution is -0.118. The van der Waals surface area contributed by atoms with E-state index in [0.717, 1.165) is 0 Å². The van der Waals surface area contributed by atoms with Crippen LogP contribution in [0.5, 0.6) is 0 Å². The Morgan fingerprint density at radius 1 is 1.47 bits per heavy atom. The zero-order chi connectivity index (χ0) is 11.4. The number of carbonyl (C=O) groups is 1. The third-order valence-corrected chi connectivity index (χ3v) is 1.78. The lowest BCUT2D eigenvalue weighted by Gasteiger charge is -2.11. The van der Waals surface area contributed by atoms with Crippen LogP contribution < -0.4 is 22.3 Å². The highest BCUT2D eigenvalue weighted by atomic mass is 16.1. The molecular formula is C8H14N6O. The van der Waals surface area contributed by atoms with Gasteiger partial charge in [-0.1, -0.05) is 0 Å². The molecule has 0 saturated carbocycles. The molecule has 0 aromatic carbocycles. The Morgan fingerprint density at radius 2 is 2.07 bits per heavy atom. The number of nitrogens with zero attached hydrogens (tertiary/aromatic N) is 2. The third-order valence-electron chi connectivity index (χ3n) is 1.78. The van der Waals surface area contributed by atoms with E-state index < -0.39 is 11.9 Å². The highest BCUT2D eigenvalue weighted by Crippen LogP contribution is 2.10. The molecule has 0 radical (unpaired) electrons. The summed E-state index contributed by atoms with van der Waals surface area (Å²) < 4.78 is 0. The molecule has 0 bridgehead atoms. The van der Waals surface area contributed by atoms with Crippen LogP contribution >= 0.6 is 0 Å². The van der Waals surface area contributed by atoms with E-state index >= 15 is 0 Å². The Bertz CT molecular complexity index is 366. The first kappa shape index (κ1) is 11.2. The molecule has 7 heteroatoms. The Morgan fingerprint density at radius 3 is 2.60 bits per heavy atom. The van der Waals surface area contributed by atoms with Crippen LogP contribution in [0.4, 0.5) is 11.6 Å². The molecular weight excluding hydrogens is 196 g/mol. The number of hydrogen-bond donors (Lipinski definition) is 4. The van der Waals surface area contributed by atoms with Gasteiger partial charge in [0, 0.05) is 6.07 Å². The number of aromatic nitrogens is 2. The number of nitrogens with two attached hydrogens (primary N) is 2. The van der Waals surface area contributed by atoms with Crippen LogP contribution in [0.1, 0.15) is 12.7 Å². The van der Waals surface area contributed by atoms with E-state index in [2.05, 4.69) is 20.7 Å². The fraction of sp³-hybridized carbons (Fsp3) is 0.375. The van der Waals surface area contributed by atoms with Crippen LogP contribution in [0.3, 0.4) is 0 Å². The smallest absolute Gasteiger partial charge is 0.239 e. The molecule has 1 amide bonds. The fourth-order valence-electron chi connectivity index (χ4n) is 1.01. The number of primary amides is 1. The number of aryl methyl sites for hydroxylation is 1. The highest BCUT2D eigenvalue weighted by Gasteiger charge is 2.09. The SMILES string of the molecule is Cc1nc(NN)cc(NC(C)C(N)=O)n1. The Balaban J connectivity index is 2.85. The molecule has 0 fully saturated rings. The molecule has 1 rings (SSSR count).